The van der Waals surface area contributed by atoms with Crippen molar-refractivity contribution in [1.29, 1.82) is 0 Å². The minimum atomic E-state index is -0.138. The fourth-order valence-corrected chi connectivity index (χ4v) is 7.42. The van der Waals surface area contributed by atoms with E-state index in [0.29, 0.717) is 6.10 Å². The van der Waals surface area contributed by atoms with Gasteiger partial charge in [-0.2, -0.15) is 0 Å². The van der Waals surface area contributed by atoms with E-state index in [1.165, 1.54) is 37.8 Å². The van der Waals surface area contributed by atoms with Crippen LogP contribution < -0.4 is 0 Å². The Morgan fingerprint density at radius 1 is 1.12 bits per heavy atom. The van der Waals surface area contributed by atoms with Gasteiger partial charge in [0.05, 0.1) is 11.7 Å². The Morgan fingerprint density at radius 3 is 2.83 bits per heavy atom. The molecule has 0 radical (unpaired) electrons. The van der Waals surface area contributed by atoms with Gasteiger partial charge in [0.25, 0.3) is 0 Å². The summed E-state index contributed by atoms with van der Waals surface area (Å²) in [5.41, 5.74) is 1.45. The lowest BCUT2D eigenvalue weighted by Crippen LogP contribution is -2.47. The normalized spacial score (nSPS) is 48.2. The zero-order chi connectivity index (χ0) is 15.9. The van der Waals surface area contributed by atoms with Crippen molar-refractivity contribution in [3.63, 3.8) is 0 Å². The van der Waals surface area contributed by atoms with E-state index in [-0.39, 0.29) is 11.4 Å². The molecule has 3 aliphatic heterocycles. The molecule has 0 N–H and O–H groups in total. The Kier molecular flexibility index (Phi) is 2.87. The molecule has 5 fully saturated rings. The first-order valence-corrected chi connectivity index (χ1v) is 9.87. The Bertz CT molecular complexity index is 660. The van der Waals surface area contributed by atoms with E-state index in [1.807, 2.05) is 12.1 Å². The van der Waals surface area contributed by atoms with Crippen LogP contribution in [-0.2, 0) is 11.2 Å². The summed E-state index contributed by atoms with van der Waals surface area (Å²) in [7, 11) is 0. The van der Waals surface area contributed by atoms with Crippen molar-refractivity contribution in [3.05, 3.63) is 35.6 Å². The summed E-state index contributed by atoms with van der Waals surface area (Å²) >= 11 is 0. The predicted octanol–water partition coefficient (Wildman–Crippen LogP) is 3.50. The van der Waals surface area contributed by atoms with Gasteiger partial charge < -0.3 is 4.74 Å². The van der Waals surface area contributed by atoms with E-state index >= 15 is 0 Å². The Morgan fingerprint density at radius 2 is 1.96 bits per heavy atom. The molecule has 0 amide bonds. The van der Waals surface area contributed by atoms with Gasteiger partial charge in [-0.25, -0.2) is 4.39 Å². The molecule has 7 atom stereocenters. The van der Waals surface area contributed by atoms with Crippen LogP contribution >= 0.6 is 0 Å². The average Bonchev–Trinajstić information content (AvgIpc) is 3.34. The molecule has 128 valence electrons. The number of likely N-dealkylation sites (tertiary alicyclic amines) is 1. The number of hydrogen-bond acceptors (Lipinski definition) is 2. The molecule has 1 aromatic rings. The van der Waals surface area contributed by atoms with E-state index in [0.717, 1.165) is 49.1 Å². The summed E-state index contributed by atoms with van der Waals surface area (Å²) in [6.45, 7) is 3.46. The molecule has 3 heterocycles. The summed E-state index contributed by atoms with van der Waals surface area (Å²) in [6, 6.07) is 7.02. The molecule has 4 bridgehead atoms. The Labute approximate surface area is 143 Å². The van der Waals surface area contributed by atoms with Gasteiger partial charge in [-0.15, -0.1) is 0 Å². The zero-order valence-electron chi connectivity index (χ0n) is 14.2. The van der Waals surface area contributed by atoms with E-state index in [1.54, 1.807) is 12.1 Å². The molecule has 3 heteroatoms. The summed E-state index contributed by atoms with van der Waals surface area (Å²) in [5.74, 6) is 4.36. The van der Waals surface area contributed by atoms with Crippen LogP contribution in [0.1, 0.15) is 31.2 Å². The molecule has 0 aromatic heterocycles. The lowest BCUT2D eigenvalue weighted by atomic mass is 9.62. The highest BCUT2D eigenvalue weighted by Crippen LogP contribution is 2.69. The maximum atomic E-state index is 13.1. The van der Waals surface area contributed by atoms with E-state index in [4.69, 9.17) is 4.74 Å². The topological polar surface area (TPSA) is 12.5 Å². The molecule has 1 aromatic carbocycles. The van der Waals surface area contributed by atoms with Crippen LogP contribution in [0.5, 0.6) is 0 Å². The smallest absolute Gasteiger partial charge is 0.123 e. The van der Waals surface area contributed by atoms with E-state index < -0.39 is 0 Å². The summed E-state index contributed by atoms with van der Waals surface area (Å²) < 4.78 is 19.8. The van der Waals surface area contributed by atoms with Crippen LogP contribution in [0.15, 0.2) is 24.3 Å². The van der Waals surface area contributed by atoms with Crippen LogP contribution in [0.25, 0.3) is 0 Å². The highest BCUT2D eigenvalue weighted by atomic mass is 19.1. The van der Waals surface area contributed by atoms with Crippen LogP contribution in [-0.4, -0.2) is 36.2 Å². The maximum absolute atomic E-state index is 13.1. The lowest BCUT2D eigenvalue weighted by molar-refractivity contribution is -0.0301. The quantitative estimate of drug-likeness (QED) is 0.842. The van der Waals surface area contributed by atoms with Crippen molar-refractivity contribution in [2.45, 2.75) is 43.8 Å². The molecule has 3 saturated heterocycles. The number of fused-ring (bicyclic) bond motifs is 7. The molecular weight excluding hydrogens is 301 g/mol. The van der Waals surface area contributed by atoms with Crippen LogP contribution in [0.3, 0.4) is 0 Å². The van der Waals surface area contributed by atoms with Gasteiger partial charge >= 0.3 is 0 Å². The second-order valence-corrected chi connectivity index (χ2v) is 9.09. The molecule has 7 unspecified atom stereocenters. The summed E-state index contributed by atoms with van der Waals surface area (Å²) in [6.07, 6.45) is 7.37. The molecule has 24 heavy (non-hydrogen) atoms. The minimum absolute atomic E-state index is 0.138. The molecule has 2 nitrogen and oxygen atoms in total. The van der Waals surface area contributed by atoms with E-state index in [2.05, 4.69) is 4.90 Å². The Hall–Kier alpha value is -0.930. The summed E-state index contributed by atoms with van der Waals surface area (Å²) in [5, 5.41) is 0. The van der Waals surface area contributed by atoms with Gasteiger partial charge in [0, 0.05) is 25.6 Å². The van der Waals surface area contributed by atoms with Gasteiger partial charge in [-0.1, -0.05) is 12.1 Å². The van der Waals surface area contributed by atoms with E-state index in [9.17, 15) is 4.39 Å². The molecule has 2 aliphatic carbocycles. The first-order valence-electron chi connectivity index (χ1n) is 9.87. The molecule has 6 rings (SSSR count). The van der Waals surface area contributed by atoms with Crippen LogP contribution in [0.2, 0.25) is 0 Å². The van der Waals surface area contributed by atoms with Crippen molar-refractivity contribution >= 4 is 0 Å². The SMILES string of the molecule is Fc1ccc(CCN2CC3CC4OC3(C2)C2C3CCC(C3)C42)cc1. The number of ether oxygens (including phenoxy) is 1. The average molecular weight is 327 g/mol. The highest BCUT2D eigenvalue weighted by Gasteiger charge is 2.72. The van der Waals surface area contributed by atoms with Gasteiger partial charge in [-0.3, -0.25) is 4.90 Å². The second-order valence-electron chi connectivity index (χ2n) is 9.09. The number of nitrogens with zero attached hydrogens (tertiary/aromatic N) is 1. The third-order valence-corrected chi connectivity index (χ3v) is 8.13. The monoisotopic (exact) mass is 327 g/mol. The Balaban J connectivity index is 1.18. The highest BCUT2D eigenvalue weighted by molar-refractivity contribution is 5.22. The van der Waals surface area contributed by atoms with Crippen LogP contribution in [0, 0.1) is 35.4 Å². The first kappa shape index (κ1) is 14.3. The van der Waals surface area contributed by atoms with Crippen molar-refractivity contribution < 1.29 is 9.13 Å². The molecule has 5 aliphatic rings. The molecule has 1 spiro atoms. The predicted molar refractivity (Wildman–Crippen MR) is 90.1 cm³/mol. The standard InChI is InChI=1S/C21H26FNO/c22-17-5-1-13(2-6-17)7-8-23-11-16-10-18-19-14-3-4-15(9-14)20(19)21(16,12-23)24-18/h1-2,5-6,14-16,18-20H,3-4,7-12H2. The van der Waals surface area contributed by atoms with Crippen molar-refractivity contribution in [3.8, 4) is 0 Å². The number of benzene rings is 1. The van der Waals surface area contributed by atoms with Gasteiger partial charge in [0.2, 0.25) is 0 Å². The van der Waals surface area contributed by atoms with Crippen molar-refractivity contribution in [2.75, 3.05) is 19.6 Å². The minimum Gasteiger partial charge on any atom is -0.369 e. The number of rotatable bonds is 3. The fraction of sp³-hybridized carbons (Fsp3) is 0.714. The van der Waals surface area contributed by atoms with Crippen molar-refractivity contribution in [2.24, 2.45) is 29.6 Å². The largest absolute Gasteiger partial charge is 0.369 e. The first-order chi connectivity index (χ1) is 11.7. The van der Waals surface area contributed by atoms with Gasteiger partial charge in [-0.05, 0) is 73.5 Å². The maximum Gasteiger partial charge on any atom is 0.123 e. The molecular formula is C21H26FNO. The third kappa shape index (κ3) is 1.78. The van der Waals surface area contributed by atoms with Gasteiger partial charge in [0.1, 0.15) is 5.82 Å². The van der Waals surface area contributed by atoms with Crippen molar-refractivity contribution in [1.82, 2.24) is 4.90 Å². The number of hydrogen-bond donors (Lipinski definition) is 0. The fourth-order valence-electron chi connectivity index (χ4n) is 7.42. The molecule has 2 saturated carbocycles. The number of halogens is 1. The summed E-state index contributed by atoms with van der Waals surface area (Å²) in [4.78, 5) is 2.64. The lowest BCUT2D eigenvalue weighted by Gasteiger charge is -2.40. The third-order valence-electron chi connectivity index (χ3n) is 8.13. The zero-order valence-corrected chi connectivity index (χ0v) is 14.2. The van der Waals surface area contributed by atoms with Crippen LogP contribution in [0.4, 0.5) is 4.39 Å². The van der Waals surface area contributed by atoms with Gasteiger partial charge in [0.15, 0.2) is 0 Å². The second kappa shape index (κ2) is 4.82.